The van der Waals surface area contributed by atoms with Gasteiger partial charge in [-0.15, -0.1) is 0 Å². The number of hydrogen-bond donors (Lipinski definition) is 2. The summed E-state index contributed by atoms with van der Waals surface area (Å²) in [6.45, 7) is 1.76. The lowest BCUT2D eigenvalue weighted by molar-refractivity contribution is 0.558. The zero-order valence-electron chi connectivity index (χ0n) is 9.58. The molecule has 1 saturated heterocycles. The van der Waals surface area contributed by atoms with Gasteiger partial charge in [-0.05, 0) is 43.6 Å². The molecule has 92 valence electrons. The molecule has 2 rings (SSSR count). The first-order chi connectivity index (χ1) is 8.18. The molecule has 17 heavy (non-hydrogen) atoms. The van der Waals surface area contributed by atoms with E-state index in [4.69, 9.17) is 18.0 Å². The average Bonchev–Trinajstić information content (AvgIpc) is 2.29. The van der Waals surface area contributed by atoms with Crippen LogP contribution in [0.15, 0.2) is 18.2 Å². The summed E-state index contributed by atoms with van der Waals surface area (Å²) < 4.78 is 13.9. The molecule has 0 aromatic heterocycles. The van der Waals surface area contributed by atoms with Gasteiger partial charge in [-0.1, -0.05) is 6.07 Å². The SMILES string of the molecule is NC(=S)Nc1cccc(F)c1N1CCCCC1. The minimum atomic E-state index is -0.229. The number of rotatable bonds is 2. The van der Waals surface area contributed by atoms with Crippen LogP contribution in [0.3, 0.4) is 0 Å². The normalized spacial score (nSPS) is 15.7. The number of thiocarbonyl (C=S) groups is 1. The fraction of sp³-hybridized carbons (Fsp3) is 0.417. The van der Waals surface area contributed by atoms with Crippen LogP contribution in [-0.4, -0.2) is 18.2 Å². The number of nitrogens with one attached hydrogen (secondary N) is 1. The fourth-order valence-electron chi connectivity index (χ4n) is 2.19. The standard InChI is InChI=1S/C12H16FN3S/c13-9-5-4-6-10(15-12(14)17)11(9)16-7-2-1-3-8-16/h4-6H,1-3,7-8H2,(H3,14,15,17). The highest BCUT2D eigenvalue weighted by molar-refractivity contribution is 7.80. The highest BCUT2D eigenvalue weighted by atomic mass is 32.1. The maximum absolute atomic E-state index is 13.9. The predicted octanol–water partition coefficient (Wildman–Crippen LogP) is 2.47. The second-order valence-electron chi connectivity index (χ2n) is 4.17. The number of piperidine rings is 1. The second kappa shape index (κ2) is 5.31. The number of para-hydroxylation sites is 1. The van der Waals surface area contributed by atoms with Gasteiger partial charge < -0.3 is 16.0 Å². The summed E-state index contributed by atoms with van der Waals surface area (Å²) in [5, 5.41) is 3.00. The van der Waals surface area contributed by atoms with Crippen molar-refractivity contribution in [3.05, 3.63) is 24.0 Å². The highest BCUT2D eigenvalue weighted by Crippen LogP contribution is 2.31. The first-order valence-corrected chi connectivity index (χ1v) is 6.19. The molecule has 0 bridgehead atoms. The van der Waals surface area contributed by atoms with Crippen LogP contribution in [0.25, 0.3) is 0 Å². The summed E-state index contributed by atoms with van der Waals surface area (Å²) in [5.41, 5.74) is 6.69. The first-order valence-electron chi connectivity index (χ1n) is 5.78. The average molecular weight is 253 g/mol. The molecule has 1 aliphatic heterocycles. The van der Waals surface area contributed by atoms with Gasteiger partial charge in [-0.2, -0.15) is 0 Å². The Morgan fingerprint density at radius 3 is 2.65 bits per heavy atom. The molecule has 1 aliphatic rings. The van der Waals surface area contributed by atoms with Gasteiger partial charge in [0.05, 0.1) is 11.4 Å². The summed E-state index contributed by atoms with van der Waals surface area (Å²) in [4.78, 5) is 2.05. The molecule has 0 spiro atoms. The molecule has 3 nitrogen and oxygen atoms in total. The van der Waals surface area contributed by atoms with E-state index in [1.807, 2.05) is 0 Å². The van der Waals surface area contributed by atoms with Gasteiger partial charge in [-0.3, -0.25) is 0 Å². The van der Waals surface area contributed by atoms with Crippen molar-refractivity contribution >= 4 is 28.7 Å². The van der Waals surface area contributed by atoms with Crippen LogP contribution in [-0.2, 0) is 0 Å². The number of benzene rings is 1. The lowest BCUT2D eigenvalue weighted by atomic mass is 10.1. The smallest absolute Gasteiger partial charge is 0.168 e. The summed E-state index contributed by atoms with van der Waals surface area (Å²) in [5.74, 6) is -0.229. The van der Waals surface area contributed by atoms with Crippen molar-refractivity contribution in [1.82, 2.24) is 0 Å². The van der Waals surface area contributed by atoms with Crippen LogP contribution in [0.5, 0.6) is 0 Å². The van der Waals surface area contributed by atoms with Crippen LogP contribution in [0.4, 0.5) is 15.8 Å². The lowest BCUT2D eigenvalue weighted by Crippen LogP contribution is -2.31. The van der Waals surface area contributed by atoms with E-state index in [2.05, 4.69) is 10.2 Å². The van der Waals surface area contributed by atoms with Gasteiger partial charge in [0.1, 0.15) is 5.82 Å². The van der Waals surface area contributed by atoms with E-state index in [9.17, 15) is 4.39 Å². The Morgan fingerprint density at radius 1 is 1.29 bits per heavy atom. The molecule has 1 fully saturated rings. The molecular formula is C12H16FN3S. The quantitative estimate of drug-likeness (QED) is 0.795. The van der Waals surface area contributed by atoms with Gasteiger partial charge in [0.15, 0.2) is 5.11 Å². The van der Waals surface area contributed by atoms with Gasteiger partial charge in [0.2, 0.25) is 0 Å². The molecule has 0 saturated carbocycles. The maximum Gasteiger partial charge on any atom is 0.168 e. The van der Waals surface area contributed by atoms with Gasteiger partial charge >= 0.3 is 0 Å². The van der Waals surface area contributed by atoms with Crippen molar-refractivity contribution in [2.75, 3.05) is 23.3 Å². The van der Waals surface area contributed by atoms with Gasteiger partial charge in [-0.25, -0.2) is 4.39 Å². The molecule has 0 aliphatic carbocycles. The van der Waals surface area contributed by atoms with Crippen LogP contribution in [0.1, 0.15) is 19.3 Å². The molecule has 5 heteroatoms. The zero-order valence-corrected chi connectivity index (χ0v) is 10.4. The number of nitrogens with zero attached hydrogens (tertiary/aromatic N) is 1. The monoisotopic (exact) mass is 253 g/mol. The third-order valence-corrected chi connectivity index (χ3v) is 3.02. The van der Waals surface area contributed by atoms with E-state index in [0.29, 0.717) is 11.4 Å². The van der Waals surface area contributed by atoms with E-state index < -0.39 is 0 Å². The minimum absolute atomic E-state index is 0.161. The lowest BCUT2D eigenvalue weighted by Gasteiger charge is -2.30. The molecule has 0 atom stereocenters. The minimum Gasteiger partial charge on any atom is -0.376 e. The molecular weight excluding hydrogens is 237 g/mol. The van der Waals surface area contributed by atoms with E-state index in [1.165, 1.54) is 12.5 Å². The Labute approximate surface area is 106 Å². The molecule has 0 amide bonds. The van der Waals surface area contributed by atoms with Gasteiger partial charge in [0, 0.05) is 13.1 Å². The summed E-state index contributed by atoms with van der Waals surface area (Å²) in [6, 6.07) is 4.92. The van der Waals surface area contributed by atoms with E-state index in [-0.39, 0.29) is 10.9 Å². The largest absolute Gasteiger partial charge is 0.376 e. The second-order valence-corrected chi connectivity index (χ2v) is 4.61. The molecule has 1 aromatic rings. The maximum atomic E-state index is 13.9. The van der Waals surface area contributed by atoms with E-state index in [1.54, 1.807) is 12.1 Å². The van der Waals surface area contributed by atoms with Crippen molar-refractivity contribution in [2.24, 2.45) is 5.73 Å². The third-order valence-electron chi connectivity index (χ3n) is 2.92. The van der Waals surface area contributed by atoms with Crippen molar-refractivity contribution in [3.8, 4) is 0 Å². The van der Waals surface area contributed by atoms with Crippen LogP contribution in [0.2, 0.25) is 0 Å². The highest BCUT2D eigenvalue weighted by Gasteiger charge is 2.18. The molecule has 3 N–H and O–H groups in total. The van der Waals surface area contributed by atoms with E-state index in [0.717, 1.165) is 25.9 Å². The van der Waals surface area contributed by atoms with Gasteiger partial charge in [0.25, 0.3) is 0 Å². The number of anilines is 2. The van der Waals surface area contributed by atoms with Crippen LogP contribution < -0.4 is 16.0 Å². The molecule has 1 heterocycles. The molecule has 1 aromatic carbocycles. The number of halogens is 1. The van der Waals surface area contributed by atoms with Crippen molar-refractivity contribution in [3.63, 3.8) is 0 Å². The Kier molecular flexibility index (Phi) is 3.78. The van der Waals surface area contributed by atoms with Crippen LogP contribution in [0, 0.1) is 5.82 Å². The van der Waals surface area contributed by atoms with Crippen LogP contribution >= 0.6 is 12.2 Å². The summed E-state index contributed by atoms with van der Waals surface area (Å²) in [6.07, 6.45) is 3.41. The van der Waals surface area contributed by atoms with Crippen molar-refractivity contribution in [2.45, 2.75) is 19.3 Å². The summed E-state index contributed by atoms with van der Waals surface area (Å²) >= 11 is 4.81. The zero-order chi connectivity index (χ0) is 12.3. The topological polar surface area (TPSA) is 41.3 Å². The number of hydrogen-bond acceptors (Lipinski definition) is 2. The van der Waals surface area contributed by atoms with Crippen molar-refractivity contribution in [1.29, 1.82) is 0 Å². The first kappa shape index (κ1) is 12.1. The predicted molar refractivity (Wildman–Crippen MR) is 72.9 cm³/mol. The Balaban J connectivity index is 2.31. The fourth-order valence-corrected chi connectivity index (χ4v) is 2.30. The molecule has 0 unspecified atom stereocenters. The third kappa shape index (κ3) is 2.85. The molecule has 0 radical (unpaired) electrons. The van der Waals surface area contributed by atoms with Crippen molar-refractivity contribution < 1.29 is 4.39 Å². The Bertz CT molecular complexity index is 416. The Morgan fingerprint density at radius 2 is 2.00 bits per heavy atom. The Hall–Kier alpha value is -1.36. The van der Waals surface area contributed by atoms with E-state index >= 15 is 0 Å². The number of nitrogens with two attached hydrogens (primary N) is 1. The summed E-state index contributed by atoms with van der Waals surface area (Å²) in [7, 11) is 0.